The fraction of sp³-hybridized carbons (Fsp3) is 0.538. The van der Waals surface area contributed by atoms with Crippen LogP contribution in [0.25, 0.3) is 0 Å². The van der Waals surface area contributed by atoms with Crippen LogP contribution in [0.1, 0.15) is 30.1 Å². The minimum atomic E-state index is -0.408. The number of hydrogen-bond acceptors (Lipinski definition) is 3. The van der Waals surface area contributed by atoms with Crippen molar-refractivity contribution in [3.8, 4) is 0 Å². The molecule has 0 radical (unpaired) electrons. The molecular formula is C13H16O3. The lowest BCUT2D eigenvalue weighted by Crippen LogP contribution is -2.10. The van der Waals surface area contributed by atoms with E-state index in [0.29, 0.717) is 13.4 Å². The van der Waals surface area contributed by atoms with Crippen LogP contribution in [-0.4, -0.2) is 24.1 Å². The van der Waals surface area contributed by atoms with E-state index in [-0.39, 0.29) is 6.10 Å². The lowest BCUT2D eigenvalue weighted by Gasteiger charge is -2.10. The predicted molar refractivity (Wildman–Crippen MR) is 59.0 cm³/mol. The second kappa shape index (κ2) is 3.84. The zero-order valence-electron chi connectivity index (χ0n) is 9.19. The van der Waals surface area contributed by atoms with Crippen LogP contribution < -0.4 is 0 Å². The fourth-order valence-electron chi connectivity index (χ4n) is 2.08. The van der Waals surface area contributed by atoms with Gasteiger partial charge in [0.2, 0.25) is 0 Å². The van der Waals surface area contributed by atoms with Crippen LogP contribution in [-0.2, 0) is 15.9 Å². The van der Waals surface area contributed by atoms with Crippen molar-refractivity contribution in [1.82, 2.24) is 0 Å². The number of aliphatic hydroxyl groups is 1. The maximum atomic E-state index is 9.82. The summed E-state index contributed by atoms with van der Waals surface area (Å²) in [6.45, 7) is 1.04. The molecule has 2 fully saturated rings. The average molecular weight is 220 g/mol. The number of ether oxygens (including phenoxy) is 2. The summed E-state index contributed by atoms with van der Waals surface area (Å²) in [7, 11) is 0. The second-order valence-corrected chi connectivity index (χ2v) is 4.79. The molecule has 0 spiro atoms. The third kappa shape index (κ3) is 2.12. The van der Waals surface area contributed by atoms with Crippen molar-refractivity contribution in [3.05, 3.63) is 35.4 Å². The Morgan fingerprint density at radius 1 is 1.25 bits per heavy atom. The summed E-state index contributed by atoms with van der Waals surface area (Å²) in [5, 5.41) is 9.82. The Morgan fingerprint density at radius 2 is 2.00 bits per heavy atom. The normalized spacial score (nSPS) is 26.9. The minimum Gasteiger partial charge on any atom is -0.390 e. The highest BCUT2D eigenvalue weighted by Crippen LogP contribution is 2.38. The third-order valence-corrected chi connectivity index (χ3v) is 3.33. The molecule has 0 bridgehead atoms. The molecule has 3 rings (SSSR count). The van der Waals surface area contributed by atoms with Gasteiger partial charge in [0.05, 0.1) is 12.2 Å². The Kier molecular flexibility index (Phi) is 2.46. The van der Waals surface area contributed by atoms with Gasteiger partial charge in [-0.15, -0.1) is 0 Å². The molecule has 1 saturated carbocycles. The van der Waals surface area contributed by atoms with E-state index in [4.69, 9.17) is 9.47 Å². The van der Waals surface area contributed by atoms with Gasteiger partial charge in [0.15, 0.2) is 0 Å². The van der Waals surface area contributed by atoms with Crippen molar-refractivity contribution in [2.75, 3.05) is 13.4 Å². The Morgan fingerprint density at radius 3 is 2.56 bits per heavy atom. The smallest absolute Gasteiger partial charge is 0.147 e. The van der Waals surface area contributed by atoms with Crippen molar-refractivity contribution >= 4 is 0 Å². The molecule has 1 heterocycles. The molecule has 1 unspecified atom stereocenters. The van der Waals surface area contributed by atoms with Gasteiger partial charge >= 0.3 is 0 Å². The standard InChI is InChI=1S/C13H16O3/c14-13(5-6-13)7-10-1-3-11(4-2-10)12-8-15-9-16-12/h1-4,12,14H,5-9H2. The first-order valence-corrected chi connectivity index (χ1v) is 5.76. The second-order valence-electron chi connectivity index (χ2n) is 4.79. The van der Waals surface area contributed by atoms with Crippen LogP contribution in [0.3, 0.4) is 0 Å². The van der Waals surface area contributed by atoms with Crippen molar-refractivity contribution in [2.24, 2.45) is 0 Å². The molecule has 86 valence electrons. The van der Waals surface area contributed by atoms with E-state index >= 15 is 0 Å². The molecule has 1 aromatic carbocycles. The van der Waals surface area contributed by atoms with Crippen LogP contribution in [0, 0.1) is 0 Å². The van der Waals surface area contributed by atoms with Crippen LogP contribution in [0.2, 0.25) is 0 Å². The zero-order chi connectivity index (χ0) is 11.0. The highest BCUT2D eigenvalue weighted by molar-refractivity contribution is 5.26. The van der Waals surface area contributed by atoms with Gasteiger partial charge in [0, 0.05) is 6.42 Å². The summed E-state index contributed by atoms with van der Waals surface area (Å²) < 4.78 is 10.6. The molecule has 3 heteroatoms. The van der Waals surface area contributed by atoms with E-state index in [1.165, 1.54) is 5.56 Å². The zero-order valence-corrected chi connectivity index (χ0v) is 9.19. The van der Waals surface area contributed by atoms with E-state index in [1.54, 1.807) is 0 Å². The molecular weight excluding hydrogens is 204 g/mol. The average Bonchev–Trinajstić information content (AvgIpc) is 2.83. The van der Waals surface area contributed by atoms with Crippen LogP contribution in [0.15, 0.2) is 24.3 Å². The van der Waals surface area contributed by atoms with Gasteiger partial charge in [-0.1, -0.05) is 24.3 Å². The molecule has 0 amide bonds. The summed E-state index contributed by atoms with van der Waals surface area (Å²) in [4.78, 5) is 0. The van der Waals surface area contributed by atoms with Gasteiger partial charge in [0.25, 0.3) is 0 Å². The van der Waals surface area contributed by atoms with E-state index in [2.05, 4.69) is 24.3 Å². The van der Waals surface area contributed by atoms with Gasteiger partial charge < -0.3 is 14.6 Å². The SMILES string of the molecule is OC1(Cc2ccc(C3COCO3)cc2)CC1. The first-order chi connectivity index (χ1) is 7.75. The highest BCUT2D eigenvalue weighted by Gasteiger charge is 2.40. The number of hydrogen-bond donors (Lipinski definition) is 1. The first-order valence-electron chi connectivity index (χ1n) is 5.76. The predicted octanol–water partition coefficient (Wildman–Crippen LogP) is 1.80. The van der Waals surface area contributed by atoms with E-state index < -0.39 is 5.60 Å². The van der Waals surface area contributed by atoms with Crippen molar-refractivity contribution in [3.63, 3.8) is 0 Å². The van der Waals surface area contributed by atoms with Crippen molar-refractivity contribution in [2.45, 2.75) is 31.0 Å². The molecule has 1 N–H and O–H groups in total. The van der Waals surface area contributed by atoms with Gasteiger partial charge in [-0.25, -0.2) is 0 Å². The maximum absolute atomic E-state index is 9.82. The molecule has 1 aliphatic carbocycles. The minimum absolute atomic E-state index is 0.0815. The van der Waals surface area contributed by atoms with Gasteiger partial charge in [-0.05, 0) is 24.0 Å². The number of rotatable bonds is 3. The molecule has 1 atom stereocenters. The number of benzene rings is 1. The lowest BCUT2D eigenvalue weighted by molar-refractivity contribution is 0.0466. The Labute approximate surface area is 95.0 Å². The van der Waals surface area contributed by atoms with Crippen molar-refractivity contribution < 1.29 is 14.6 Å². The quantitative estimate of drug-likeness (QED) is 0.844. The molecule has 3 nitrogen and oxygen atoms in total. The summed E-state index contributed by atoms with van der Waals surface area (Å²) >= 11 is 0. The summed E-state index contributed by atoms with van der Waals surface area (Å²) in [6, 6.07) is 8.29. The van der Waals surface area contributed by atoms with Gasteiger partial charge in [0.1, 0.15) is 12.9 Å². The van der Waals surface area contributed by atoms with Crippen LogP contribution in [0.4, 0.5) is 0 Å². The molecule has 1 aliphatic heterocycles. The fourth-order valence-corrected chi connectivity index (χ4v) is 2.08. The van der Waals surface area contributed by atoms with Crippen molar-refractivity contribution in [1.29, 1.82) is 0 Å². The van der Waals surface area contributed by atoms with E-state index in [0.717, 1.165) is 24.8 Å². The van der Waals surface area contributed by atoms with E-state index in [9.17, 15) is 5.11 Å². The van der Waals surface area contributed by atoms with Crippen LogP contribution >= 0.6 is 0 Å². The lowest BCUT2D eigenvalue weighted by atomic mass is 10.0. The highest BCUT2D eigenvalue weighted by atomic mass is 16.7. The van der Waals surface area contributed by atoms with E-state index in [1.807, 2.05) is 0 Å². The first kappa shape index (κ1) is 10.3. The monoisotopic (exact) mass is 220 g/mol. The third-order valence-electron chi connectivity index (χ3n) is 3.33. The maximum Gasteiger partial charge on any atom is 0.147 e. The molecule has 1 aromatic rings. The Bertz CT molecular complexity index is 361. The van der Waals surface area contributed by atoms with Crippen LogP contribution in [0.5, 0.6) is 0 Å². The summed E-state index contributed by atoms with van der Waals surface area (Å²) in [6.07, 6.45) is 2.73. The van der Waals surface area contributed by atoms with Gasteiger partial charge in [-0.3, -0.25) is 0 Å². The summed E-state index contributed by atoms with van der Waals surface area (Å²) in [5.41, 5.74) is 1.95. The molecule has 1 saturated heterocycles. The molecule has 16 heavy (non-hydrogen) atoms. The molecule has 0 aromatic heterocycles. The summed E-state index contributed by atoms with van der Waals surface area (Å²) in [5.74, 6) is 0. The largest absolute Gasteiger partial charge is 0.390 e. The topological polar surface area (TPSA) is 38.7 Å². The van der Waals surface area contributed by atoms with Gasteiger partial charge in [-0.2, -0.15) is 0 Å². The Balaban J connectivity index is 1.69. The molecule has 2 aliphatic rings. The Hall–Kier alpha value is -0.900.